The van der Waals surface area contributed by atoms with Crippen molar-refractivity contribution in [3.05, 3.63) is 0 Å². The van der Waals surface area contributed by atoms with Gasteiger partial charge in [0.15, 0.2) is 5.79 Å². The van der Waals surface area contributed by atoms with Crippen LogP contribution >= 0.6 is 0 Å². The Labute approximate surface area is 224 Å². The maximum atomic E-state index is 14.2. The third kappa shape index (κ3) is 3.89. The van der Waals surface area contributed by atoms with Gasteiger partial charge in [0.25, 0.3) is 0 Å². The van der Waals surface area contributed by atoms with Crippen molar-refractivity contribution in [2.45, 2.75) is 103 Å². The molecule has 6 nitrogen and oxygen atoms in total. The number of carbonyl (C=O) groups excluding carboxylic acids is 2. The normalized spacial score (nSPS) is 52.9. The van der Waals surface area contributed by atoms with Crippen LogP contribution in [-0.4, -0.2) is 61.8 Å². The monoisotopic (exact) mass is 514 g/mol. The number of carbonyl (C=O) groups is 2. The van der Waals surface area contributed by atoms with E-state index in [0.29, 0.717) is 41.9 Å². The highest BCUT2D eigenvalue weighted by atomic mass is 16.7. The molecule has 1 N–H and O–H groups in total. The Morgan fingerprint density at radius 2 is 1.84 bits per heavy atom. The zero-order valence-corrected chi connectivity index (χ0v) is 24.1. The number of fused-ring (bicyclic) bond motifs is 7. The minimum Gasteiger partial charge on any atom is -0.352 e. The summed E-state index contributed by atoms with van der Waals surface area (Å²) in [6, 6.07) is 0.279. The van der Waals surface area contributed by atoms with Crippen molar-refractivity contribution in [3.63, 3.8) is 0 Å². The zero-order chi connectivity index (χ0) is 26.3. The van der Waals surface area contributed by atoms with E-state index in [-0.39, 0.29) is 40.7 Å². The highest BCUT2D eigenvalue weighted by molar-refractivity contribution is 5.87. The van der Waals surface area contributed by atoms with Gasteiger partial charge in [-0.15, -0.1) is 0 Å². The molecule has 6 heteroatoms. The molecule has 208 valence electrons. The fourth-order valence-corrected chi connectivity index (χ4v) is 10.6. The van der Waals surface area contributed by atoms with Crippen LogP contribution < -0.4 is 5.32 Å². The number of nitrogens with zero attached hydrogens (tertiary/aromatic N) is 1. The number of amides is 1. The van der Waals surface area contributed by atoms with Crippen molar-refractivity contribution in [1.29, 1.82) is 0 Å². The van der Waals surface area contributed by atoms with Gasteiger partial charge in [0.2, 0.25) is 5.91 Å². The first-order chi connectivity index (χ1) is 17.5. The standard InChI is InChI=1S/C31H50N2O4/c1-18-9-12-31(36-17-18)19(2)28-25(37-31)14-24-22-8-7-20-13-21(32-27(35)16-33(5)6)10-11-29(20,3)23(22)15-26(34)30(24,28)4/h18-25,28H,7-17H2,1-6H3,(H,32,35)/t18-,19+,20+,21?,22-,23+,24+,25+,28+,29+,30-,31-/m1/s1. The van der Waals surface area contributed by atoms with E-state index >= 15 is 0 Å². The van der Waals surface area contributed by atoms with Crippen molar-refractivity contribution in [1.82, 2.24) is 10.2 Å². The molecule has 1 spiro atoms. The molecule has 4 aliphatic carbocycles. The summed E-state index contributed by atoms with van der Waals surface area (Å²) in [7, 11) is 3.89. The van der Waals surface area contributed by atoms with E-state index in [9.17, 15) is 9.59 Å². The van der Waals surface area contributed by atoms with E-state index < -0.39 is 5.79 Å². The maximum absolute atomic E-state index is 14.2. The lowest BCUT2D eigenvalue weighted by atomic mass is 9.44. The van der Waals surface area contributed by atoms with E-state index in [1.165, 1.54) is 12.8 Å². The molecule has 0 bridgehead atoms. The topological polar surface area (TPSA) is 67.9 Å². The van der Waals surface area contributed by atoms with Gasteiger partial charge in [0, 0.05) is 36.1 Å². The Balaban J connectivity index is 1.19. The molecule has 0 aromatic rings. The van der Waals surface area contributed by atoms with Gasteiger partial charge in [-0.05, 0) is 94.0 Å². The van der Waals surface area contributed by atoms with Crippen molar-refractivity contribution < 1.29 is 19.1 Å². The van der Waals surface area contributed by atoms with Crippen LogP contribution in [0.25, 0.3) is 0 Å². The average molecular weight is 515 g/mol. The predicted octanol–water partition coefficient (Wildman–Crippen LogP) is 4.66. The fourth-order valence-electron chi connectivity index (χ4n) is 10.6. The first kappa shape index (κ1) is 26.3. The van der Waals surface area contributed by atoms with E-state index in [2.05, 4.69) is 33.0 Å². The first-order valence-corrected chi connectivity index (χ1v) is 15.3. The fraction of sp³-hybridized carbons (Fsp3) is 0.935. The number of ether oxygens (including phenoxy) is 2. The third-order valence-electron chi connectivity index (χ3n) is 12.6. The molecule has 0 aromatic carbocycles. The van der Waals surface area contributed by atoms with Crippen LogP contribution in [0, 0.1) is 52.3 Å². The number of rotatable bonds is 3. The van der Waals surface area contributed by atoms with Crippen molar-refractivity contribution in [3.8, 4) is 0 Å². The molecule has 4 saturated carbocycles. The predicted molar refractivity (Wildman–Crippen MR) is 143 cm³/mol. The minimum absolute atomic E-state index is 0.136. The molecule has 2 heterocycles. The van der Waals surface area contributed by atoms with E-state index in [4.69, 9.17) is 9.47 Å². The smallest absolute Gasteiger partial charge is 0.234 e. The molecule has 6 fully saturated rings. The quantitative estimate of drug-likeness (QED) is 0.593. The van der Waals surface area contributed by atoms with Gasteiger partial charge in [-0.3, -0.25) is 9.59 Å². The van der Waals surface area contributed by atoms with Crippen molar-refractivity contribution in [2.24, 2.45) is 52.3 Å². The van der Waals surface area contributed by atoms with Crippen LogP contribution in [0.4, 0.5) is 0 Å². The lowest BCUT2D eigenvalue weighted by Gasteiger charge is -2.60. The van der Waals surface area contributed by atoms with Crippen LogP contribution in [0.2, 0.25) is 0 Å². The van der Waals surface area contributed by atoms with Gasteiger partial charge in [-0.25, -0.2) is 0 Å². The molecular weight excluding hydrogens is 464 g/mol. The SMILES string of the molecule is C[C@@H]1CC[C@@]2(OC1)O[C@H]1C[C@H]3[C@@H]4CC[C@H]5CC(NC(=O)CN(C)C)CC[C@]5(C)[C@H]4CC(=O)[C@]3(C)[C@H]1[C@@H]2C. The Hall–Kier alpha value is -0.980. The maximum Gasteiger partial charge on any atom is 0.234 e. The summed E-state index contributed by atoms with van der Waals surface area (Å²) >= 11 is 0. The lowest BCUT2D eigenvalue weighted by molar-refractivity contribution is -0.272. The molecule has 2 aliphatic heterocycles. The third-order valence-corrected chi connectivity index (χ3v) is 12.6. The number of hydrogen-bond donors (Lipinski definition) is 1. The number of ketones is 1. The van der Waals surface area contributed by atoms with Crippen LogP contribution in [0.3, 0.4) is 0 Å². The van der Waals surface area contributed by atoms with Gasteiger partial charge in [0.05, 0.1) is 19.3 Å². The van der Waals surface area contributed by atoms with Gasteiger partial charge >= 0.3 is 0 Å². The van der Waals surface area contributed by atoms with Crippen LogP contribution in [0.1, 0.15) is 85.5 Å². The first-order valence-electron chi connectivity index (χ1n) is 15.3. The zero-order valence-electron chi connectivity index (χ0n) is 24.1. The molecule has 6 aliphatic rings. The number of likely N-dealkylation sites (N-methyl/N-ethyl adjacent to an activating group) is 1. The second kappa shape index (κ2) is 9.02. The molecule has 12 atom stereocenters. The average Bonchev–Trinajstić information content (AvgIpc) is 3.28. The highest BCUT2D eigenvalue weighted by Gasteiger charge is 2.71. The summed E-state index contributed by atoms with van der Waals surface area (Å²) < 4.78 is 13.3. The second-order valence-electron chi connectivity index (χ2n) is 14.8. The molecule has 0 radical (unpaired) electrons. The molecule has 2 saturated heterocycles. The summed E-state index contributed by atoms with van der Waals surface area (Å²) in [6.45, 7) is 10.6. The Kier molecular flexibility index (Phi) is 6.40. The van der Waals surface area contributed by atoms with Gasteiger partial charge in [-0.2, -0.15) is 0 Å². The summed E-state index contributed by atoms with van der Waals surface area (Å²) in [5.41, 5.74) is -0.0710. The van der Waals surface area contributed by atoms with Crippen LogP contribution in [0.15, 0.2) is 0 Å². The molecule has 1 amide bonds. The van der Waals surface area contributed by atoms with E-state index in [1.807, 2.05) is 19.0 Å². The molecule has 6 rings (SSSR count). The molecule has 37 heavy (non-hydrogen) atoms. The van der Waals surface area contributed by atoms with Crippen LogP contribution in [0.5, 0.6) is 0 Å². The van der Waals surface area contributed by atoms with Crippen molar-refractivity contribution in [2.75, 3.05) is 27.2 Å². The Morgan fingerprint density at radius 3 is 2.54 bits per heavy atom. The lowest BCUT2D eigenvalue weighted by Crippen LogP contribution is -2.59. The van der Waals surface area contributed by atoms with Gasteiger partial charge in [-0.1, -0.05) is 27.7 Å². The summed E-state index contributed by atoms with van der Waals surface area (Å²) in [5.74, 6) is 3.45. The number of Topliss-reactive ketones (excluding diaryl/α,β-unsaturated/α-hetero) is 1. The molecule has 0 aromatic heterocycles. The van der Waals surface area contributed by atoms with Gasteiger partial charge < -0.3 is 19.7 Å². The Morgan fingerprint density at radius 1 is 1.05 bits per heavy atom. The Bertz CT molecular complexity index is 928. The highest BCUT2D eigenvalue weighted by Crippen LogP contribution is 2.70. The van der Waals surface area contributed by atoms with Crippen molar-refractivity contribution >= 4 is 11.7 Å². The summed E-state index contributed by atoms with van der Waals surface area (Å²) in [6.07, 6.45) is 9.74. The summed E-state index contributed by atoms with van der Waals surface area (Å²) in [4.78, 5) is 28.6. The summed E-state index contributed by atoms with van der Waals surface area (Å²) in [5, 5.41) is 3.31. The molecule has 1 unspecified atom stereocenters. The number of hydrogen-bond acceptors (Lipinski definition) is 5. The second-order valence-corrected chi connectivity index (χ2v) is 14.8. The van der Waals surface area contributed by atoms with Gasteiger partial charge in [0.1, 0.15) is 5.78 Å². The minimum atomic E-state index is -0.466. The van der Waals surface area contributed by atoms with E-state index in [1.54, 1.807) is 0 Å². The molecular formula is C31H50N2O4. The number of nitrogens with one attached hydrogen (secondary N) is 1. The largest absolute Gasteiger partial charge is 0.352 e. The van der Waals surface area contributed by atoms with E-state index in [0.717, 1.165) is 51.6 Å². The van der Waals surface area contributed by atoms with Crippen LogP contribution in [-0.2, 0) is 19.1 Å².